The Morgan fingerprint density at radius 1 is 1.16 bits per heavy atom. The van der Waals surface area contributed by atoms with E-state index >= 15 is 0 Å². The summed E-state index contributed by atoms with van der Waals surface area (Å²) in [5.41, 5.74) is -0.335. The van der Waals surface area contributed by atoms with Crippen LogP contribution >= 0.6 is 0 Å². The van der Waals surface area contributed by atoms with Crippen LogP contribution in [0.3, 0.4) is 0 Å². The quantitative estimate of drug-likeness (QED) is 0.185. The molecule has 0 aliphatic heterocycles. The number of hydrogen-bond acceptors (Lipinski definition) is 6. The average Bonchev–Trinajstić information content (AvgIpc) is 2.76. The standard InChI is InChI=1S/C25H36O6/c1-5-16-25(4,28)23(26)13-14-24(27)31-22(19-30-21(6-2)7-3)18-29-17-15-20-11-9-8-10-12-20/h6,8-14,21-22,28H,2,5,7,15-19H2,1,3-4H3/b14-13-. The van der Waals surface area contributed by atoms with E-state index in [-0.39, 0.29) is 19.3 Å². The molecule has 0 fully saturated rings. The molecule has 0 aromatic heterocycles. The average molecular weight is 433 g/mol. The molecule has 31 heavy (non-hydrogen) atoms. The van der Waals surface area contributed by atoms with Crippen molar-refractivity contribution in [2.24, 2.45) is 0 Å². The van der Waals surface area contributed by atoms with Crippen molar-refractivity contribution in [3.8, 4) is 0 Å². The molecule has 6 nitrogen and oxygen atoms in total. The van der Waals surface area contributed by atoms with Gasteiger partial charge in [0.15, 0.2) is 5.78 Å². The Morgan fingerprint density at radius 2 is 1.87 bits per heavy atom. The first-order valence-electron chi connectivity index (χ1n) is 10.8. The van der Waals surface area contributed by atoms with Gasteiger partial charge in [0, 0.05) is 6.08 Å². The highest BCUT2D eigenvalue weighted by atomic mass is 16.6. The first kappa shape index (κ1) is 26.8. The molecule has 0 aliphatic carbocycles. The smallest absolute Gasteiger partial charge is 0.331 e. The molecule has 0 aliphatic rings. The lowest BCUT2D eigenvalue weighted by molar-refractivity contribution is -0.151. The summed E-state index contributed by atoms with van der Waals surface area (Å²) in [7, 11) is 0. The van der Waals surface area contributed by atoms with Crippen molar-refractivity contribution in [3.63, 3.8) is 0 Å². The zero-order valence-electron chi connectivity index (χ0n) is 18.9. The second-order valence-corrected chi connectivity index (χ2v) is 7.61. The van der Waals surface area contributed by atoms with Gasteiger partial charge in [0.25, 0.3) is 0 Å². The van der Waals surface area contributed by atoms with Crippen LogP contribution in [0, 0.1) is 0 Å². The second-order valence-electron chi connectivity index (χ2n) is 7.61. The van der Waals surface area contributed by atoms with Crippen LogP contribution in [0.2, 0.25) is 0 Å². The van der Waals surface area contributed by atoms with Crippen molar-refractivity contribution in [1.82, 2.24) is 0 Å². The van der Waals surface area contributed by atoms with Gasteiger partial charge in [0.05, 0.1) is 25.9 Å². The van der Waals surface area contributed by atoms with Crippen LogP contribution in [0.1, 0.15) is 45.6 Å². The normalized spacial score (nSPS) is 15.2. The van der Waals surface area contributed by atoms with Crippen LogP contribution in [0.25, 0.3) is 0 Å². The molecule has 1 N–H and O–H groups in total. The lowest BCUT2D eigenvalue weighted by Crippen LogP contribution is -2.34. The van der Waals surface area contributed by atoms with E-state index in [0.717, 1.165) is 30.6 Å². The molecule has 1 rings (SSSR count). The number of ketones is 1. The van der Waals surface area contributed by atoms with Crippen molar-refractivity contribution in [1.29, 1.82) is 0 Å². The maximum Gasteiger partial charge on any atom is 0.331 e. The molecule has 6 heteroatoms. The minimum Gasteiger partial charge on any atom is -0.454 e. The summed E-state index contributed by atoms with van der Waals surface area (Å²) < 4.78 is 16.8. The number of rotatable bonds is 16. The zero-order valence-corrected chi connectivity index (χ0v) is 18.9. The molecular weight excluding hydrogens is 396 g/mol. The molecule has 0 saturated heterocycles. The van der Waals surface area contributed by atoms with Crippen molar-refractivity contribution in [3.05, 3.63) is 60.7 Å². The first-order valence-corrected chi connectivity index (χ1v) is 10.8. The SMILES string of the molecule is C=CC(CC)OCC(COCCc1ccccc1)OC(=O)/C=C\C(=O)C(C)(O)CCC. The van der Waals surface area contributed by atoms with Crippen molar-refractivity contribution >= 4 is 11.8 Å². The summed E-state index contributed by atoms with van der Waals surface area (Å²) in [5.74, 6) is -1.22. The molecule has 0 bridgehead atoms. The van der Waals surface area contributed by atoms with Crippen LogP contribution in [-0.2, 0) is 30.2 Å². The number of aliphatic hydroxyl groups is 1. The van der Waals surface area contributed by atoms with Crippen LogP contribution in [0.5, 0.6) is 0 Å². The Kier molecular flexibility index (Phi) is 12.7. The van der Waals surface area contributed by atoms with Crippen LogP contribution < -0.4 is 0 Å². The van der Waals surface area contributed by atoms with E-state index in [9.17, 15) is 14.7 Å². The largest absolute Gasteiger partial charge is 0.454 e. The van der Waals surface area contributed by atoms with Gasteiger partial charge in [-0.05, 0) is 37.8 Å². The number of hydrogen-bond donors (Lipinski definition) is 1. The summed E-state index contributed by atoms with van der Waals surface area (Å²) >= 11 is 0. The highest BCUT2D eigenvalue weighted by Crippen LogP contribution is 2.14. The molecule has 172 valence electrons. The zero-order chi connectivity index (χ0) is 23.1. The third-order valence-electron chi connectivity index (χ3n) is 4.76. The van der Waals surface area contributed by atoms with Gasteiger partial charge < -0.3 is 19.3 Å². The fourth-order valence-electron chi connectivity index (χ4n) is 2.89. The summed E-state index contributed by atoms with van der Waals surface area (Å²) in [4.78, 5) is 24.3. The van der Waals surface area contributed by atoms with Crippen molar-refractivity contribution in [2.45, 2.75) is 64.3 Å². The van der Waals surface area contributed by atoms with E-state index in [4.69, 9.17) is 14.2 Å². The van der Waals surface area contributed by atoms with Gasteiger partial charge in [-0.25, -0.2) is 4.79 Å². The number of carbonyl (C=O) groups excluding carboxylic acids is 2. The molecule has 1 aromatic rings. The number of ether oxygens (including phenoxy) is 3. The molecule has 1 aromatic carbocycles. The Morgan fingerprint density at radius 3 is 2.48 bits per heavy atom. The van der Waals surface area contributed by atoms with E-state index in [1.54, 1.807) is 6.08 Å². The minimum atomic E-state index is -1.49. The van der Waals surface area contributed by atoms with Gasteiger partial charge in [0.2, 0.25) is 0 Å². The van der Waals surface area contributed by atoms with Gasteiger partial charge in [-0.2, -0.15) is 0 Å². The first-order chi connectivity index (χ1) is 14.8. The van der Waals surface area contributed by atoms with Gasteiger partial charge >= 0.3 is 5.97 Å². The molecule has 0 radical (unpaired) electrons. The third kappa shape index (κ3) is 11.1. The topological polar surface area (TPSA) is 82.1 Å². The number of benzene rings is 1. The summed E-state index contributed by atoms with van der Waals surface area (Å²) in [6, 6.07) is 9.95. The summed E-state index contributed by atoms with van der Waals surface area (Å²) in [6.07, 6.45) is 5.48. The highest BCUT2D eigenvalue weighted by Gasteiger charge is 2.27. The van der Waals surface area contributed by atoms with Gasteiger partial charge in [-0.3, -0.25) is 4.79 Å². The predicted molar refractivity (Wildman–Crippen MR) is 121 cm³/mol. The van der Waals surface area contributed by atoms with Gasteiger partial charge in [-0.15, -0.1) is 6.58 Å². The van der Waals surface area contributed by atoms with E-state index < -0.39 is 23.5 Å². The third-order valence-corrected chi connectivity index (χ3v) is 4.76. The van der Waals surface area contributed by atoms with E-state index in [1.807, 2.05) is 44.2 Å². The molecule has 0 amide bonds. The van der Waals surface area contributed by atoms with E-state index in [0.29, 0.717) is 19.4 Å². The molecule has 0 spiro atoms. The van der Waals surface area contributed by atoms with E-state index in [2.05, 4.69) is 6.58 Å². The lowest BCUT2D eigenvalue weighted by atomic mass is 9.95. The number of esters is 1. The van der Waals surface area contributed by atoms with Crippen LogP contribution in [0.15, 0.2) is 55.1 Å². The Balaban J connectivity index is 2.60. The van der Waals surface area contributed by atoms with Crippen molar-refractivity contribution in [2.75, 3.05) is 19.8 Å². The Hall–Kier alpha value is -2.28. The monoisotopic (exact) mass is 432 g/mol. The molecule has 0 saturated carbocycles. The maximum atomic E-state index is 12.2. The molecule has 0 heterocycles. The number of carbonyl (C=O) groups is 2. The Bertz CT molecular complexity index is 695. The van der Waals surface area contributed by atoms with Gasteiger partial charge in [-0.1, -0.05) is 56.7 Å². The van der Waals surface area contributed by atoms with E-state index in [1.165, 1.54) is 6.92 Å². The summed E-state index contributed by atoms with van der Waals surface area (Å²) in [5, 5.41) is 10.1. The molecule has 3 atom stereocenters. The minimum absolute atomic E-state index is 0.146. The predicted octanol–water partition coefficient (Wildman–Crippen LogP) is 3.82. The molecule has 3 unspecified atom stereocenters. The maximum absolute atomic E-state index is 12.2. The molecular formula is C25H36O6. The van der Waals surface area contributed by atoms with Crippen LogP contribution in [0.4, 0.5) is 0 Å². The van der Waals surface area contributed by atoms with Crippen LogP contribution in [-0.4, -0.2) is 54.5 Å². The fourth-order valence-corrected chi connectivity index (χ4v) is 2.89. The highest BCUT2D eigenvalue weighted by molar-refractivity contribution is 6.00. The lowest BCUT2D eigenvalue weighted by Gasteiger charge is -2.20. The summed E-state index contributed by atoms with van der Waals surface area (Å²) in [6.45, 7) is 9.80. The van der Waals surface area contributed by atoms with Crippen molar-refractivity contribution < 1.29 is 28.9 Å². The van der Waals surface area contributed by atoms with Gasteiger partial charge in [0.1, 0.15) is 11.7 Å². The fraction of sp³-hybridized carbons (Fsp3) is 0.520. The second kappa shape index (κ2) is 14.7. The Labute approximate surface area is 185 Å².